The van der Waals surface area contributed by atoms with Crippen LogP contribution in [-0.2, 0) is 6.42 Å². The zero-order chi connectivity index (χ0) is 21.3. The van der Waals surface area contributed by atoms with Crippen LogP contribution in [-0.4, -0.2) is 32.0 Å². The van der Waals surface area contributed by atoms with Crippen molar-refractivity contribution in [2.45, 2.75) is 19.4 Å². The van der Waals surface area contributed by atoms with Crippen molar-refractivity contribution in [2.75, 3.05) is 29.2 Å². The van der Waals surface area contributed by atoms with Crippen molar-refractivity contribution in [3.05, 3.63) is 89.5 Å². The highest BCUT2D eigenvalue weighted by molar-refractivity contribution is 6.09. The molecule has 152 valence electrons. The van der Waals surface area contributed by atoms with Gasteiger partial charge in [0.05, 0.1) is 0 Å². The molecule has 2 amide bonds. The Morgan fingerprint density at radius 1 is 0.900 bits per heavy atom. The molecule has 5 nitrogen and oxygen atoms in total. The lowest BCUT2D eigenvalue weighted by atomic mass is 10.1. The molecule has 1 N–H and O–H groups in total. The van der Waals surface area contributed by atoms with Crippen molar-refractivity contribution < 1.29 is 9.59 Å². The van der Waals surface area contributed by atoms with Gasteiger partial charge in [-0.15, -0.1) is 0 Å². The second-order valence-electron chi connectivity index (χ2n) is 7.83. The molecule has 1 heterocycles. The predicted molar refractivity (Wildman–Crippen MR) is 122 cm³/mol. The second-order valence-corrected chi connectivity index (χ2v) is 7.83. The smallest absolute Gasteiger partial charge is 0.258 e. The lowest BCUT2D eigenvalue weighted by Gasteiger charge is -2.23. The maximum atomic E-state index is 13.1. The Bertz CT molecular complexity index is 1070. The third kappa shape index (κ3) is 3.79. The minimum absolute atomic E-state index is 0.0429. The maximum Gasteiger partial charge on any atom is 0.258 e. The van der Waals surface area contributed by atoms with E-state index in [4.69, 9.17) is 0 Å². The highest BCUT2D eigenvalue weighted by atomic mass is 16.2. The quantitative estimate of drug-likeness (QED) is 0.698. The summed E-state index contributed by atoms with van der Waals surface area (Å²) >= 11 is 0. The fraction of sp³-hybridized carbons (Fsp3) is 0.200. The first-order valence-corrected chi connectivity index (χ1v) is 10.0. The van der Waals surface area contributed by atoms with Gasteiger partial charge in [0.2, 0.25) is 0 Å². The molecule has 0 saturated heterocycles. The summed E-state index contributed by atoms with van der Waals surface area (Å²) in [5.41, 5.74) is 5.04. The van der Waals surface area contributed by atoms with Gasteiger partial charge >= 0.3 is 0 Å². The summed E-state index contributed by atoms with van der Waals surface area (Å²) in [5, 5.41) is 2.90. The molecule has 0 radical (unpaired) electrons. The lowest BCUT2D eigenvalue weighted by Crippen LogP contribution is -2.35. The first-order chi connectivity index (χ1) is 14.4. The fourth-order valence-electron chi connectivity index (χ4n) is 3.82. The number of amides is 2. The summed E-state index contributed by atoms with van der Waals surface area (Å²) < 4.78 is 0. The molecule has 0 bridgehead atoms. The molecule has 0 saturated carbocycles. The van der Waals surface area contributed by atoms with E-state index in [1.807, 2.05) is 66.4 Å². The van der Waals surface area contributed by atoms with Crippen LogP contribution in [0.25, 0.3) is 0 Å². The molecule has 1 aliphatic rings. The topological polar surface area (TPSA) is 52.7 Å². The molecular weight excluding hydrogens is 374 g/mol. The van der Waals surface area contributed by atoms with Gasteiger partial charge < -0.3 is 15.1 Å². The zero-order valence-electron chi connectivity index (χ0n) is 17.4. The van der Waals surface area contributed by atoms with E-state index in [-0.39, 0.29) is 17.9 Å². The summed E-state index contributed by atoms with van der Waals surface area (Å²) in [7, 11) is 3.94. The average Bonchev–Trinajstić information content (AvgIpc) is 3.09. The van der Waals surface area contributed by atoms with Crippen molar-refractivity contribution in [3.63, 3.8) is 0 Å². The van der Waals surface area contributed by atoms with Crippen molar-refractivity contribution in [2.24, 2.45) is 0 Å². The van der Waals surface area contributed by atoms with Crippen LogP contribution in [0.4, 0.5) is 17.1 Å². The average molecular weight is 399 g/mol. The number of hydrogen-bond acceptors (Lipinski definition) is 3. The van der Waals surface area contributed by atoms with E-state index in [0.717, 1.165) is 23.5 Å². The Morgan fingerprint density at radius 3 is 2.20 bits per heavy atom. The van der Waals surface area contributed by atoms with Crippen LogP contribution in [0.3, 0.4) is 0 Å². The van der Waals surface area contributed by atoms with E-state index in [9.17, 15) is 9.59 Å². The minimum atomic E-state index is -0.202. The Balaban J connectivity index is 1.47. The van der Waals surface area contributed by atoms with Crippen LogP contribution in [0, 0.1) is 0 Å². The normalized spacial score (nSPS) is 14.9. The first kappa shape index (κ1) is 19.7. The molecule has 0 spiro atoms. The van der Waals surface area contributed by atoms with Gasteiger partial charge in [-0.25, -0.2) is 0 Å². The summed E-state index contributed by atoms with van der Waals surface area (Å²) in [5.74, 6) is -0.245. The molecule has 0 fully saturated rings. The van der Waals surface area contributed by atoms with Crippen molar-refractivity contribution >= 4 is 28.9 Å². The SMILES string of the molecule is CC1Cc2ccccc2N1C(=O)c1ccc(C(=O)Nc2ccc(N(C)C)cc2)cc1. The van der Waals surface area contributed by atoms with E-state index < -0.39 is 0 Å². The van der Waals surface area contributed by atoms with E-state index in [1.165, 1.54) is 5.56 Å². The van der Waals surface area contributed by atoms with Gasteiger partial charge in [-0.2, -0.15) is 0 Å². The molecular formula is C25H25N3O2. The van der Waals surface area contributed by atoms with Gasteiger partial charge in [0.1, 0.15) is 0 Å². The monoisotopic (exact) mass is 399 g/mol. The summed E-state index contributed by atoms with van der Waals surface area (Å²) in [6, 6.07) is 22.6. The molecule has 4 rings (SSSR count). The highest BCUT2D eigenvalue weighted by Crippen LogP contribution is 2.33. The Morgan fingerprint density at radius 2 is 1.53 bits per heavy atom. The van der Waals surface area contributed by atoms with Gasteiger partial charge in [0.25, 0.3) is 11.8 Å². The number of rotatable bonds is 4. The lowest BCUT2D eigenvalue weighted by molar-refractivity contribution is 0.0978. The van der Waals surface area contributed by atoms with E-state index in [1.54, 1.807) is 24.3 Å². The van der Waals surface area contributed by atoms with Crippen LogP contribution in [0.2, 0.25) is 0 Å². The highest BCUT2D eigenvalue weighted by Gasteiger charge is 2.31. The van der Waals surface area contributed by atoms with E-state index in [2.05, 4.69) is 18.3 Å². The van der Waals surface area contributed by atoms with Gasteiger partial charge in [-0.3, -0.25) is 9.59 Å². The number of para-hydroxylation sites is 1. The van der Waals surface area contributed by atoms with Crippen LogP contribution >= 0.6 is 0 Å². The molecule has 1 aliphatic heterocycles. The number of carbonyl (C=O) groups is 2. The number of benzene rings is 3. The van der Waals surface area contributed by atoms with Gasteiger partial charge in [0, 0.05) is 48.3 Å². The van der Waals surface area contributed by atoms with Crippen molar-refractivity contribution in [3.8, 4) is 0 Å². The Kier molecular flexibility index (Phi) is 5.27. The van der Waals surface area contributed by atoms with Crippen LogP contribution in [0.1, 0.15) is 33.2 Å². The maximum absolute atomic E-state index is 13.1. The van der Waals surface area contributed by atoms with Crippen molar-refractivity contribution in [1.82, 2.24) is 0 Å². The predicted octanol–water partition coefficient (Wildman–Crippen LogP) is 4.60. The van der Waals surface area contributed by atoms with Crippen LogP contribution in [0.5, 0.6) is 0 Å². The largest absolute Gasteiger partial charge is 0.378 e. The first-order valence-electron chi connectivity index (χ1n) is 10.0. The summed E-state index contributed by atoms with van der Waals surface area (Å²) in [6.07, 6.45) is 0.856. The number of anilines is 3. The number of fused-ring (bicyclic) bond motifs is 1. The molecule has 1 unspecified atom stereocenters. The zero-order valence-corrected chi connectivity index (χ0v) is 17.4. The molecule has 30 heavy (non-hydrogen) atoms. The molecule has 0 aromatic heterocycles. The fourth-order valence-corrected chi connectivity index (χ4v) is 3.82. The van der Waals surface area contributed by atoms with Crippen LogP contribution in [0.15, 0.2) is 72.8 Å². The third-order valence-electron chi connectivity index (χ3n) is 5.46. The van der Waals surface area contributed by atoms with E-state index in [0.29, 0.717) is 11.1 Å². The number of nitrogens with zero attached hydrogens (tertiary/aromatic N) is 2. The van der Waals surface area contributed by atoms with Gasteiger partial charge in [-0.1, -0.05) is 18.2 Å². The summed E-state index contributed by atoms with van der Waals surface area (Å²) in [4.78, 5) is 29.5. The molecule has 0 aliphatic carbocycles. The van der Waals surface area contributed by atoms with E-state index >= 15 is 0 Å². The number of nitrogens with one attached hydrogen (secondary N) is 1. The number of carbonyl (C=O) groups excluding carboxylic acids is 2. The molecule has 1 atom stereocenters. The Hall–Kier alpha value is -3.60. The standard InChI is InChI=1S/C25H25N3O2/c1-17-16-20-6-4-5-7-23(20)28(17)25(30)19-10-8-18(9-11-19)24(29)26-21-12-14-22(15-13-21)27(2)3/h4-15,17H,16H2,1-3H3,(H,26,29). The second kappa shape index (κ2) is 8.03. The van der Waals surface area contributed by atoms with Gasteiger partial charge in [0.15, 0.2) is 0 Å². The molecule has 3 aromatic rings. The molecule has 5 heteroatoms. The summed E-state index contributed by atoms with van der Waals surface area (Å²) in [6.45, 7) is 2.06. The van der Waals surface area contributed by atoms with Crippen LogP contribution < -0.4 is 15.1 Å². The number of hydrogen-bond donors (Lipinski definition) is 1. The molecule has 3 aromatic carbocycles. The van der Waals surface area contributed by atoms with Gasteiger partial charge in [-0.05, 0) is 73.5 Å². The van der Waals surface area contributed by atoms with Crippen molar-refractivity contribution in [1.29, 1.82) is 0 Å². The Labute approximate surface area is 176 Å². The minimum Gasteiger partial charge on any atom is -0.378 e. The third-order valence-corrected chi connectivity index (χ3v) is 5.46.